The molecular weight excluding hydrogens is 352 g/mol. The molecule has 1 fully saturated rings. The van der Waals surface area contributed by atoms with E-state index in [1.807, 2.05) is 6.92 Å². The first-order chi connectivity index (χ1) is 11.9. The van der Waals surface area contributed by atoms with Gasteiger partial charge in [-0.25, -0.2) is 15.0 Å². The van der Waals surface area contributed by atoms with E-state index in [2.05, 4.69) is 15.0 Å². The van der Waals surface area contributed by atoms with E-state index in [0.717, 1.165) is 0 Å². The number of halogens is 1. The van der Waals surface area contributed by atoms with Crippen molar-refractivity contribution >= 4 is 34.7 Å². The maximum atomic E-state index is 11.6. The van der Waals surface area contributed by atoms with E-state index in [9.17, 15) is 9.59 Å². The lowest BCUT2D eigenvalue weighted by atomic mass is 10.1. The summed E-state index contributed by atoms with van der Waals surface area (Å²) in [5.41, 5.74) is 0.832. The normalized spacial score (nSPS) is 25.9. The number of aromatic nitrogens is 4. The van der Waals surface area contributed by atoms with Crippen LogP contribution < -0.4 is 0 Å². The third-order valence-electron chi connectivity index (χ3n) is 3.88. The Morgan fingerprint density at radius 3 is 2.52 bits per heavy atom. The highest BCUT2D eigenvalue weighted by Gasteiger charge is 2.49. The molecule has 0 spiro atoms. The minimum absolute atomic E-state index is 0.203. The molecule has 2 aromatic heterocycles. The molecule has 1 unspecified atom stereocenters. The van der Waals surface area contributed by atoms with E-state index >= 15 is 0 Å². The number of carbonyl (C=O) groups excluding carboxylic acids is 2. The van der Waals surface area contributed by atoms with Crippen molar-refractivity contribution in [1.29, 1.82) is 0 Å². The van der Waals surface area contributed by atoms with Gasteiger partial charge in [-0.2, -0.15) is 0 Å². The molecule has 1 aliphatic heterocycles. The number of rotatable bonds is 4. The summed E-state index contributed by atoms with van der Waals surface area (Å²) in [6.07, 6.45) is 0.592. The van der Waals surface area contributed by atoms with Gasteiger partial charge in [0.05, 0.1) is 6.33 Å². The van der Waals surface area contributed by atoms with Crippen molar-refractivity contribution in [3.8, 4) is 0 Å². The molecule has 1 saturated heterocycles. The summed E-state index contributed by atoms with van der Waals surface area (Å²) in [7, 11) is 0. The first kappa shape index (κ1) is 17.6. The largest absolute Gasteiger partial charge is 0.456 e. The lowest BCUT2D eigenvalue weighted by Gasteiger charge is -2.23. The first-order valence-electron chi connectivity index (χ1n) is 7.75. The maximum Gasteiger partial charge on any atom is 0.303 e. The molecule has 0 aliphatic carbocycles. The van der Waals surface area contributed by atoms with Crippen LogP contribution in [0.15, 0.2) is 12.7 Å². The Kier molecular flexibility index (Phi) is 4.87. The van der Waals surface area contributed by atoms with Crippen molar-refractivity contribution in [1.82, 2.24) is 19.5 Å². The Morgan fingerprint density at radius 2 is 1.88 bits per heavy atom. The summed E-state index contributed by atoms with van der Waals surface area (Å²) in [6.45, 7) is 4.47. The maximum absolute atomic E-state index is 11.6. The van der Waals surface area contributed by atoms with Gasteiger partial charge in [0.15, 0.2) is 29.2 Å². The van der Waals surface area contributed by atoms with Gasteiger partial charge in [-0.05, 0) is 6.42 Å². The van der Waals surface area contributed by atoms with Crippen LogP contribution in [0.5, 0.6) is 0 Å². The van der Waals surface area contributed by atoms with Crippen LogP contribution in [0.2, 0.25) is 5.15 Å². The van der Waals surface area contributed by atoms with Gasteiger partial charge in [-0.3, -0.25) is 14.2 Å². The lowest BCUT2D eigenvalue weighted by Crippen LogP contribution is -2.38. The number of esters is 2. The summed E-state index contributed by atoms with van der Waals surface area (Å²) >= 11 is 6.03. The highest BCUT2D eigenvalue weighted by atomic mass is 35.5. The summed E-state index contributed by atoms with van der Waals surface area (Å²) in [5.74, 6) is -0.990. The van der Waals surface area contributed by atoms with Crippen molar-refractivity contribution in [3.63, 3.8) is 0 Å². The molecule has 9 nitrogen and oxygen atoms in total. The van der Waals surface area contributed by atoms with Gasteiger partial charge in [-0.1, -0.05) is 18.5 Å². The van der Waals surface area contributed by atoms with E-state index in [4.69, 9.17) is 25.8 Å². The monoisotopic (exact) mass is 368 g/mol. The number of carbonyl (C=O) groups is 2. The minimum Gasteiger partial charge on any atom is -0.456 e. The van der Waals surface area contributed by atoms with Gasteiger partial charge in [0, 0.05) is 13.8 Å². The number of hydrogen-bond donors (Lipinski definition) is 0. The number of hydrogen-bond acceptors (Lipinski definition) is 8. The highest BCUT2D eigenvalue weighted by molar-refractivity contribution is 6.33. The molecule has 0 radical (unpaired) electrons. The second kappa shape index (κ2) is 6.93. The molecule has 10 heteroatoms. The zero-order chi connectivity index (χ0) is 18.1. The fourth-order valence-electron chi connectivity index (χ4n) is 2.92. The fourth-order valence-corrected chi connectivity index (χ4v) is 3.10. The summed E-state index contributed by atoms with van der Waals surface area (Å²) in [5, 5.41) is 0.203. The van der Waals surface area contributed by atoms with Gasteiger partial charge in [0.1, 0.15) is 17.9 Å². The van der Waals surface area contributed by atoms with Crippen LogP contribution in [-0.2, 0) is 23.8 Å². The molecule has 2 aromatic rings. The SMILES string of the molecule is CC[C@H]1OC(n2cnc3c(Cl)ncnc32)[C@H](OC(C)=O)[C@@H]1OC(C)=O. The van der Waals surface area contributed by atoms with Gasteiger partial charge in [-0.15, -0.1) is 0 Å². The average Bonchev–Trinajstić information content (AvgIpc) is 3.10. The van der Waals surface area contributed by atoms with Crippen molar-refractivity contribution in [2.75, 3.05) is 0 Å². The summed E-state index contributed by atoms with van der Waals surface area (Å²) in [6, 6.07) is 0. The summed E-state index contributed by atoms with van der Waals surface area (Å²) < 4.78 is 18.4. The van der Waals surface area contributed by atoms with Crippen LogP contribution >= 0.6 is 11.6 Å². The lowest BCUT2D eigenvalue weighted by molar-refractivity contribution is -0.165. The van der Waals surface area contributed by atoms with Crippen LogP contribution in [0.4, 0.5) is 0 Å². The molecule has 1 aliphatic rings. The van der Waals surface area contributed by atoms with Gasteiger partial charge < -0.3 is 14.2 Å². The Balaban J connectivity index is 2.04. The van der Waals surface area contributed by atoms with Crippen molar-refractivity contribution < 1.29 is 23.8 Å². The van der Waals surface area contributed by atoms with Crippen molar-refractivity contribution in [2.24, 2.45) is 0 Å². The standard InChI is InChI=1S/C15H17ClN4O5/c1-4-9-11(23-7(2)21)12(24-8(3)22)15(25-9)20-6-19-10-13(16)17-5-18-14(10)20/h5-6,9,11-12,15H,4H2,1-3H3/t9-,11-,12-,15?/m1/s1. The predicted molar refractivity (Wildman–Crippen MR) is 85.6 cm³/mol. The molecule has 0 amide bonds. The molecular formula is C15H17ClN4O5. The summed E-state index contributed by atoms with van der Waals surface area (Å²) in [4.78, 5) is 35.3. The third-order valence-corrected chi connectivity index (χ3v) is 4.16. The number of ether oxygens (including phenoxy) is 3. The molecule has 134 valence electrons. The van der Waals surface area contributed by atoms with Gasteiger partial charge in [0.2, 0.25) is 0 Å². The Hall–Kier alpha value is -2.26. The molecule has 25 heavy (non-hydrogen) atoms. The fraction of sp³-hybridized carbons (Fsp3) is 0.533. The van der Waals surface area contributed by atoms with Crippen LogP contribution in [0.3, 0.4) is 0 Å². The van der Waals surface area contributed by atoms with E-state index in [1.54, 1.807) is 4.57 Å². The van der Waals surface area contributed by atoms with Crippen LogP contribution in [0.1, 0.15) is 33.4 Å². The van der Waals surface area contributed by atoms with E-state index in [1.165, 1.54) is 26.5 Å². The molecule has 3 heterocycles. The average molecular weight is 369 g/mol. The van der Waals surface area contributed by atoms with Crippen molar-refractivity contribution in [3.05, 3.63) is 17.8 Å². The van der Waals surface area contributed by atoms with E-state index < -0.39 is 36.5 Å². The zero-order valence-electron chi connectivity index (χ0n) is 13.9. The predicted octanol–water partition coefficient (Wildman–Crippen LogP) is 1.65. The number of imidazole rings is 1. The minimum atomic E-state index is -0.836. The van der Waals surface area contributed by atoms with Gasteiger partial charge >= 0.3 is 11.9 Å². The van der Waals surface area contributed by atoms with Crippen LogP contribution in [-0.4, -0.2) is 49.8 Å². The quantitative estimate of drug-likeness (QED) is 0.592. The van der Waals surface area contributed by atoms with Crippen molar-refractivity contribution in [2.45, 2.75) is 51.7 Å². The van der Waals surface area contributed by atoms with Gasteiger partial charge in [0.25, 0.3) is 0 Å². The second-order valence-electron chi connectivity index (χ2n) is 5.61. The smallest absolute Gasteiger partial charge is 0.303 e. The number of nitrogens with zero attached hydrogens (tertiary/aromatic N) is 4. The molecule has 0 saturated carbocycles. The van der Waals surface area contributed by atoms with E-state index in [-0.39, 0.29) is 5.15 Å². The first-order valence-corrected chi connectivity index (χ1v) is 8.13. The highest BCUT2D eigenvalue weighted by Crippen LogP contribution is 2.37. The Labute approximate surface area is 148 Å². The number of fused-ring (bicyclic) bond motifs is 1. The third kappa shape index (κ3) is 3.29. The van der Waals surface area contributed by atoms with E-state index in [0.29, 0.717) is 17.6 Å². The van der Waals surface area contributed by atoms with Crippen LogP contribution in [0.25, 0.3) is 11.2 Å². The topological polar surface area (TPSA) is 105 Å². The molecule has 3 rings (SSSR count). The zero-order valence-corrected chi connectivity index (χ0v) is 14.6. The molecule has 4 atom stereocenters. The molecule has 0 N–H and O–H groups in total. The molecule has 0 bridgehead atoms. The Bertz CT molecular complexity index is 810. The second-order valence-corrected chi connectivity index (χ2v) is 5.97. The molecule has 0 aromatic carbocycles. The Morgan fingerprint density at radius 1 is 1.20 bits per heavy atom. The van der Waals surface area contributed by atoms with Crippen LogP contribution in [0, 0.1) is 0 Å².